The van der Waals surface area contributed by atoms with Crippen LogP contribution in [-0.4, -0.2) is 23.2 Å². The molecule has 0 unspecified atom stereocenters. The molecular formula is C8H8ClN2O-. The molecule has 3 nitrogen and oxygen atoms in total. The van der Waals surface area contributed by atoms with Crippen LogP contribution in [0.3, 0.4) is 0 Å². The molecule has 0 spiro atoms. The van der Waals surface area contributed by atoms with Gasteiger partial charge in [-0.15, -0.1) is 0 Å². The first-order valence-electron chi connectivity index (χ1n) is 3.59. The van der Waals surface area contributed by atoms with Crippen LogP contribution in [0.4, 0.5) is 0 Å². The molecule has 4 heteroatoms. The van der Waals surface area contributed by atoms with Gasteiger partial charge in [0.1, 0.15) is 5.84 Å². The number of hydrogen-bond acceptors (Lipinski definition) is 2. The average Bonchev–Trinajstić information content (AvgIpc) is 2.04. The van der Waals surface area contributed by atoms with Crippen LogP contribution in [0.5, 0.6) is 0 Å². The standard InChI is InChI=1S/C8H8N2O.ClH/c11-8-4-6-10-5-2-1-3-7(10)9-8;/h1-3,5H,4,6H2;1H/p-1. The molecule has 2 heterocycles. The van der Waals surface area contributed by atoms with Crippen molar-refractivity contribution in [1.82, 2.24) is 4.90 Å². The maximum atomic E-state index is 10.8. The predicted molar refractivity (Wildman–Crippen MR) is 42.0 cm³/mol. The van der Waals surface area contributed by atoms with Crippen LogP contribution < -0.4 is 12.4 Å². The van der Waals surface area contributed by atoms with Crippen molar-refractivity contribution in [2.24, 2.45) is 4.99 Å². The van der Waals surface area contributed by atoms with Gasteiger partial charge in [0, 0.05) is 19.2 Å². The number of nitrogens with zero attached hydrogens (tertiary/aromatic N) is 2. The SMILES string of the molecule is O=C1CCN2C=CC=CC2=N1.[Cl-]. The third-order valence-corrected chi connectivity index (χ3v) is 1.72. The Bertz CT molecular complexity index is 281. The average molecular weight is 184 g/mol. The lowest BCUT2D eigenvalue weighted by atomic mass is 10.2. The first-order chi connectivity index (χ1) is 5.36. The van der Waals surface area contributed by atoms with Crippen LogP contribution >= 0.6 is 0 Å². The fourth-order valence-electron chi connectivity index (χ4n) is 1.16. The lowest BCUT2D eigenvalue weighted by Gasteiger charge is -2.24. The zero-order valence-corrected chi connectivity index (χ0v) is 7.16. The normalized spacial score (nSPS) is 19.8. The number of amides is 1. The van der Waals surface area contributed by atoms with E-state index in [-0.39, 0.29) is 18.3 Å². The van der Waals surface area contributed by atoms with Crippen LogP contribution in [0.25, 0.3) is 0 Å². The molecular weight excluding hydrogens is 176 g/mol. The van der Waals surface area contributed by atoms with E-state index in [9.17, 15) is 4.79 Å². The fourth-order valence-corrected chi connectivity index (χ4v) is 1.16. The number of aliphatic imine (C=N–C) groups is 1. The van der Waals surface area contributed by atoms with Gasteiger partial charge in [0.05, 0.1) is 0 Å². The lowest BCUT2D eigenvalue weighted by Crippen LogP contribution is -3.00. The second-order valence-electron chi connectivity index (χ2n) is 2.51. The summed E-state index contributed by atoms with van der Waals surface area (Å²) in [7, 11) is 0. The van der Waals surface area contributed by atoms with Gasteiger partial charge in [-0.05, 0) is 12.2 Å². The minimum atomic E-state index is -0.0174. The summed E-state index contributed by atoms with van der Waals surface area (Å²) in [6.07, 6.45) is 8.13. The quantitative estimate of drug-likeness (QED) is 0.424. The van der Waals surface area contributed by atoms with E-state index in [1.54, 1.807) is 0 Å². The first-order valence-corrected chi connectivity index (χ1v) is 3.59. The van der Waals surface area contributed by atoms with E-state index in [1.165, 1.54) is 0 Å². The van der Waals surface area contributed by atoms with Crippen LogP contribution in [0.1, 0.15) is 6.42 Å². The Morgan fingerprint density at radius 2 is 2.25 bits per heavy atom. The van der Waals surface area contributed by atoms with E-state index in [0.717, 1.165) is 12.4 Å². The molecule has 64 valence electrons. The highest BCUT2D eigenvalue weighted by atomic mass is 35.5. The highest BCUT2D eigenvalue weighted by Gasteiger charge is 2.16. The number of rotatable bonds is 0. The van der Waals surface area contributed by atoms with Gasteiger partial charge in [-0.1, -0.05) is 6.08 Å². The van der Waals surface area contributed by atoms with E-state index < -0.39 is 0 Å². The molecule has 2 rings (SSSR count). The molecule has 0 aliphatic carbocycles. The fraction of sp³-hybridized carbons (Fsp3) is 0.250. The third kappa shape index (κ3) is 1.56. The Morgan fingerprint density at radius 1 is 1.42 bits per heavy atom. The van der Waals surface area contributed by atoms with E-state index in [2.05, 4.69) is 4.99 Å². The van der Waals surface area contributed by atoms with Gasteiger partial charge in [-0.25, -0.2) is 0 Å². The molecule has 2 aliphatic heterocycles. The number of halogens is 1. The van der Waals surface area contributed by atoms with Crippen LogP contribution in [-0.2, 0) is 4.79 Å². The molecule has 0 bridgehead atoms. The topological polar surface area (TPSA) is 32.7 Å². The van der Waals surface area contributed by atoms with Gasteiger partial charge in [0.2, 0.25) is 5.91 Å². The van der Waals surface area contributed by atoms with Gasteiger partial charge in [-0.2, -0.15) is 4.99 Å². The first kappa shape index (κ1) is 9.00. The second-order valence-corrected chi connectivity index (χ2v) is 2.51. The number of carbonyl (C=O) groups is 1. The monoisotopic (exact) mass is 183 g/mol. The van der Waals surface area contributed by atoms with E-state index in [0.29, 0.717) is 6.42 Å². The summed E-state index contributed by atoms with van der Waals surface area (Å²) in [5.74, 6) is 0.750. The Balaban J connectivity index is 0.000000720. The highest BCUT2D eigenvalue weighted by Crippen LogP contribution is 2.09. The van der Waals surface area contributed by atoms with Gasteiger partial charge in [-0.3, -0.25) is 4.79 Å². The number of allylic oxidation sites excluding steroid dienone is 2. The molecule has 0 N–H and O–H groups in total. The molecule has 0 radical (unpaired) electrons. The molecule has 0 aromatic carbocycles. The number of carbonyl (C=O) groups excluding carboxylic acids is 1. The molecule has 0 saturated carbocycles. The summed E-state index contributed by atoms with van der Waals surface area (Å²) in [5, 5.41) is 0. The number of fused-ring (bicyclic) bond motifs is 1. The summed E-state index contributed by atoms with van der Waals surface area (Å²) in [4.78, 5) is 16.7. The minimum Gasteiger partial charge on any atom is -1.00 e. The van der Waals surface area contributed by atoms with E-state index in [1.807, 2.05) is 29.3 Å². The molecule has 0 saturated heterocycles. The molecule has 12 heavy (non-hydrogen) atoms. The van der Waals surface area contributed by atoms with Crippen molar-refractivity contribution in [1.29, 1.82) is 0 Å². The lowest BCUT2D eigenvalue weighted by molar-refractivity contribution is -0.118. The third-order valence-electron chi connectivity index (χ3n) is 1.72. The van der Waals surface area contributed by atoms with E-state index >= 15 is 0 Å². The number of amidine groups is 1. The smallest absolute Gasteiger partial charge is 0.249 e. The largest absolute Gasteiger partial charge is 1.00 e. The Hall–Kier alpha value is -1.09. The molecule has 0 fully saturated rings. The zero-order chi connectivity index (χ0) is 7.68. The summed E-state index contributed by atoms with van der Waals surface area (Å²) >= 11 is 0. The van der Waals surface area contributed by atoms with Crippen LogP contribution in [0, 0.1) is 0 Å². The Kier molecular flexibility index (Phi) is 2.65. The van der Waals surface area contributed by atoms with Crippen molar-refractivity contribution in [2.75, 3.05) is 6.54 Å². The van der Waals surface area contributed by atoms with Gasteiger partial charge >= 0.3 is 0 Å². The van der Waals surface area contributed by atoms with Crippen molar-refractivity contribution in [3.8, 4) is 0 Å². The van der Waals surface area contributed by atoms with Crippen molar-refractivity contribution >= 4 is 11.7 Å². The summed E-state index contributed by atoms with van der Waals surface area (Å²) in [6, 6.07) is 0. The Morgan fingerprint density at radius 3 is 3.08 bits per heavy atom. The van der Waals surface area contributed by atoms with Crippen molar-refractivity contribution in [3.63, 3.8) is 0 Å². The predicted octanol–water partition coefficient (Wildman–Crippen LogP) is -2.30. The van der Waals surface area contributed by atoms with Gasteiger partial charge < -0.3 is 17.3 Å². The minimum absolute atomic E-state index is 0. The summed E-state index contributed by atoms with van der Waals surface area (Å²) in [5.41, 5.74) is 0. The molecule has 0 aromatic heterocycles. The van der Waals surface area contributed by atoms with Gasteiger partial charge in [0.25, 0.3) is 0 Å². The zero-order valence-electron chi connectivity index (χ0n) is 6.40. The van der Waals surface area contributed by atoms with Crippen molar-refractivity contribution < 1.29 is 17.2 Å². The Labute approximate surface area is 76.9 Å². The highest BCUT2D eigenvalue weighted by molar-refractivity contribution is 6.04. The molecule has 1 amide bonds. The number of hydrogen-bond donors (Lipinski definition) is 0. The summed E-state index contributed by atoms with van der Waals surface area (Å²) in [6.45, 7) is 0.762. The van der Waals surface area contributed by atoms with Crippen molar-refractivity contribution in [3.05, 3.63) is 24.4 Å². The molecule has 0 atom stereocenters. The van der Waals surface area contributed by atoms with Crippen molar-refractivity contribution in [2.45, 2.75) is 6.42 Å². The molecule has 2 aliphatic rings. The van der Waals surface area contributed by atoms with Crippen LogP contribution in [0.2, 0.25) is 0 Å². The molecule has 0 aromatic rings. The van der Waals surface area contributed by atoms with E-state index in [4.69, 9.17) is 0 Å². The summed E-state index contributed by atoms with van der Waals surface area (Å²) < 4.78 is 0. The maximum absolute atomic E-state index is 10.8. The van der Waals surface area contributed by atoms with Gasteiger partial charge in [0.15, 0.2) is 0 Å². The van der Waals surface area contributed by atoms with Crippen LogP contribution in [0.15, 0.2) is 29.4 Å². The second kappa shape index (κ2) is 3.54. The maximum Gasteiger partial charge on any atom is 0.249 e.